The van der Waals surface area contributed by atoms with Gasteiger partial charge >= 0.3 is 0 Å². The molecule has 36 heavy (non-hydrogen) atoms. The van der Waals surface area contributed by atoms with Crippen LogP contribution in [-0.2, 0) is 9.59 Å². The Morgan fingerprint density at radius 1 is 1.08 bits per heavy atom. The number of rotatable bonds is 8. The van der Waals surface area contributed by atoms with Crippen LogP contribution in [0.2, 0.25) is 0 Å². The van der Waals surface area contributed by atoms with Crippen LogP contribution in [0.15, 0.2) is 79.0 Å². The van der Waals surface area contributed by atoms with Crippen LogP contribution in [0, 0.1) is 0 Å². The summed E-state index contributed by atoms with van der Waals surface area (Å²) in [5, 5.41) is 4.22. The van der Waals surface area contributed by atoms with Crippen LogP contribution in [0.25, 0.3) is 10.9 Å². The lowest BCUT2D eigenvalue weighted by Crippen LogP contribution is -2.46. The van der Waals surface area contributed by atoms with E-state index in [9.17, 15) is 9.59 Å². The fourth-order valence-corrected chi connectivity index (χ4v) is 4.73. The van der Waals surface area contributed by atoms with Gasteiger partial charge in [0.25, 0.3) is 5.91 Å². The van der Waals surface area contributed by atoms with Crippen molar-refractivity contribution >= 4 is 28.4 Å². The molecule has 7 nitrogen and oxygen atoms in total. The van der Waals surface area contributed by atoms with Crippen molar-refractivity contribution in [2.45, 2.75) is 25.4 Å². The van der Waals surface area contributed by atoms with Gasteiger partial charge in [-0.2, -0.15) is 0 Å². The highest BCUT2D eigenvalue weighted by Crippen LogP contribution is 2.34. The molecule has 0 unspecified atom stereocenters. The second-order valence-corrected chi connectivity index (χ2v) is 8.89. The second kappa shape index (κ2) is 10.2. The maximum atomic E-state index is 12.9. The Bertz CT molecular complexity index is 1380. The van der Waals surface area contributed by atoms with E-state index in [0.29, 0.717) is 18.0 Å². The molecule has 0 bridgehead atoms. The van der Waals surface area contributed by atoms with Crippen molar-refractivity contribution in [3.05, 3.63) is 90.1 Å². The maximum Gasteiger partial charge on any atom is 0.267 e. The molecule has 0 saturated heterocycles. The van der Waals surface area contributed by atoms with Gasteiger partial charge in [0.1, 0.15) is 11.5 Å². The lowest BCUT2D eigenvalue weighted by molar-refractivity contribution is -0.125. The van der Waals surface area contributed by atoms with Gasteiger partial charge in [-0.25, -0.2) is 0 Å². The molecule has 1 aromatic heterocycles. The minimum Gasteiger partial charge on any atom is -0.497 e. The van der Waals surface area contributed by atoms with Crippen LogP contribution < -0.4 is 19.7 Å². The number of anilines is 1. The molecule has 4 aromatic rings. The first kappa shape index (κ1) is 23.5. The van der Waals surface area contributed by atoms with Gasteiger partial charge in [-0.1, -0.05) is 42.5 Å². The number of nitrogens with zero attached hydrogens (tertiary/aromatic N) is 1. The van der Waals surface area contributed by atoms with Crippen molar-refractivity contribution in [2.24, 2.45) is 0 Å². The molecule has 5 rings (SSSR count). The van der Waals surface area contributed by atoms with Crippen LogP contribution in [0.4, 0.5) is 5.69 Å². The van der Waals surface area contributed by atoms with E-state index in [1.54, 1.807) is 18.9 Å². The summed E-state index contributed by atoms with van der Waals surface area (Å²) in [4.78, 5) is 30.7. The quantitative estimate of drug-likeness (QED) is 0.383. The van der Waals surface area contributed by atoms with Gasteiger partial charge in [-0.3, -0.25) is 9.59 Å². The standard InChI is InChI=1S/C29H29N3O4/c1-19-29(34)32(26-9-5-6-10-27(26)36-19)16-15-28(33)31-17-23(20-11-13-21(35-2)14-12-20)24-18-30-25-8-4-3-7-22(24)25/h3-14,18-19,23,30H,15-17H2,1-2H3,(H,31,33)/t19-,23-/m0/s1. The van der Waals surface area contributed by atoms with Crippen LogP contribution in [0.3, 0.4) is 0 Å². The summed E-state index contributed by atoms with van der Waals surface area (Å²) in [5.41, 5.74) is 3.94. The molecule has 2 heterocycles. The molecule has 1 aliphatic heterocycles. The summed E-state index contributed by atoms with van der Waals surface area (Å²) in [6.07, 6.45) is 1.62. The van der Waals surface area contributed by atoms with Crippen molar-refractivity contribution in [3.8, 4) is 11.5 Å². The molecule has 0 saturated carbocycles. The van der Waals surface area contributed by atoms with E-state index in [1.807, 2.05) is 72.9 Å². The fourth-order valence-electron chi connectivity index (χ4n) is 4.73. The molecule has 2 amide bonds. The average Bonchev–Trinajstić information content (AvgIpc) is 3.33. The number of ether oxygens (including phenoxy) is 2. The van der Waals surface area contributed by atoms with Crippen molar-refractivity contribution in [2.75, 3.05) is 25.1 Å². The largest absolute Gasteiger partial charge is 0.497 e. The van der Waals surface area contributed by atoms with Crippen molar-refractivity contribution < 1.29 is 19.1 Å². The third-order valence-electron chi connectivity index (χ3n) is 6.65. The van der Waals surface area contributed by atoms with Gasteiger partial charge in [-0.15, -0.1) is 0 Å². The Labute approximate surface area is 210 Å². The highest BCUT2D eigenvalue weighted by molar-refractivity contribution is 6.00. The van der Waals surface area contributed by atoms with E-state index in [1.165, 1.54) is 0 Å². The molecule has 2 N–H and O–H groups in total. The summed E-state index contributed by atoms with van der Waals surface area (Å²) in [7, 11) is 1.64. The molecular formula is C29H29N3O4. The van der Waals surface area contributed by atoms with E-state index < -0.39 is 6.10 Å². The number of aromatic nitrogens is 1. The molecule has 7 heteroatoms. The zero-order valence-corrected chi connectivity index (χ0v) is 20.4. The summed E-state index contributed by atoms with van der Waals surface area (Å²) >= 11 is 0. The number of aromatic amines is 1. The van der Waals surface area contributed by atoms with E-state index in [0.717, 1.165) is 27.8 Å². The van der Waals surface area contributed by atoms with Crippen molar-refractivity contribution in [1.82, 2.24) is 10.3 Å². The number of carbonyl (C=O) groups excluding carboxylic acids is 2. The van der Waals surface area contributed by atoms with Crippen LogP contribution in [-0.4, -0.2) is 43.1 Å². The third-order valence-corrected chi connectivity index (χ3v) is 6.65. The molecule has 184 valence electrons. The SMILES string of the molecule is COc1ccc([C@H](CNC(=O)CCN2C(=O)[C@H](C)Oc3ccccc32)c2c[nH]c3ccccc23)cc1. The minimum atomic E-state index is -0.579. The molecule has 2 atom stereocenters. The zero-order chi connectivity index (χ0) is 25.1. The summed E-state index contributed by atoms with van der Waals surface area (Å²) in [6, 6.07) is 23.5. The zero-order valence-electron chi connectivity index (χ0n) is 20.4. The van der Waals surface area contributed by atoms with Gasteiger partial charge in [0, 0.05) is 42.5 Å². The molecule has 0 radical (unpaired) electrons. The predicted octanol–water partition coefficient (Wildman–Crippen LogP) is 4.63. The molecule has 3 aromatic carbocycles. The lowest BCUT2D eigenvalue weighted by atomic mass is 9.90. The number of H-pyrrole nitrogens is 1. The Morgan fingerprint density at radius 3 is 2.64 bits per heavy atom. The number of benzene rings is 3. The number of hydrogen-bond donors (Lipinski definition) is 2. The number of nitrogens with one attached hydrogen (secondary N) is 2. The predicted molar refractivity (Wildman–Crippen MR) is 140 cm³/mol. The van der Waals surface area contributed by atoms with Gasteiger partial charge in [0.05, 0.1) is 12.8 Å². The monoisotopic (exact) mass is 483 g/mol. The summed E-state index contributed by atoms with van der Waals surface area (Å²) < 4.78 is 11.0. The summed E-state index contributed by atoms with van der Waals surface area (Å²) in [6.45, 7) is 2.44. The first-order chi connectivity index (χ1) is 17.5. The van der Waals surface area contributed by atoms with Gasteiger partial charge in [0.2, 0.25) is 5.91 Å². The van der Waals surface area contributed by atoms with Crippen molar-refractivity contribution in [3.63, 3.8) is 0 Å². The van der Waals surface area contributed by atoms with Gasteiger partial charge < -0.3 is 24.7 Å². The Hall–Kier alpha value is -4.26. The fraction of sp³-hybridized carbons (Fsp3) is 0.241. The number of methoxy groups -OCH3 is 1. The number of para-hydroxylation sites is 3. The first-order valence-electron chi connectivity index (χ1n) is 12.1. The molecule has 0 fully saturated rings. The normalized spacial score (nSPS) is 15.8. The number of amides is 2. The van der Waals surface area contributed by atoms with Crippen LogP contribution in [0.5, 0.6) is 11.5 Å². The molecule has 1 aliphatic rings. The highest BCUT2D eigenvalue weighted by Gasteiger charge is 2.31. The second-order valence-electron chi connectivity index (χ2n) is 8.89. The minimum absolute atomic E-state index is 0.0539. The maximum absolute atomic E-state index is 12.9. The van der Waals surface area contributed by atoms with Crippen LogP contribution >= 0.6 is 0 Å². The Morgan fingerprint density at radius 2 is 1.83 bits per heavy atom. The van der Waals surface area contributed by atoms with Crippen LogP contribution in [0.1, 0.15) is 30.4 Å². The van der Waals surface area contributed by atoms with E-state index >= 15 is 0 Å². The number of hydrogen-bond acceptors (Lipinski definition) is 4. The van der Waals surface area contributed by atoms with Gasteiger partial charge in [0.15, 0.2) is 6.10 Å². The molecule has 0 aliphatic carbocycles. The van der Waals surface area contributed by atoms with Crippen molar-refractivity contribution in [1.29, 1.82) is 0 Å². The molecular weight excluding hydrogens is 454 g/mol. The first-order valence-corrected chi connectivity index (χ1v) is 12.1. The summed E-state index contributed by atoms with van der Waals surface area (Å²) in [5.74, 6) is 1.13. The number of fused-ring (bicyclic) bond motifs is 2. The topological polar surface area (TPSA) is 83.7 Å². The highest BCUT2D eigenvalue weighted by atomic mass is 16.5. The van der Waals surface area contributed by atoms with E-state index in [2.05, 4.69) is 16.4 Å². The third kappa shape index (κ3) is 4.64. The Balaban J connectivity index is 1.31. The number of carbonyl (C=O) groups is 2. The van der Waals surface area contributed by atoms with E-state index in [-0.39, 0.29) is 30.7 Å². The van der Waals surface area contributed by atoms with E-state index in [4.69, 9.17) is 9.47 Å². The molecule has 0 spiro atoms. The average molecular weight is 484 g/mol. The lowest BCUT2D eigenvalue weighted by Gasteiger charge is -2.32. The Kier molecular flexibility index (Phi) is 6.62. The smallest absolute Gasteiger partial charge is 0.267 e. The van der Waals surface area contributed by atoms with Gasteiger partial charge in [-0.05, 0) is 48.4 Å².